The number of rotatable bonds is 5. The van der Waals surface area contributed by atoms with Crippen molar-refractivity contribution in [3.05, 3.63) is 48.0 Å². The quantitative estimate of drug-likeness (QED) is 0.275. The van der Waals surface area contributed by atoms with Gasteiger partial charge in [-0.15, -0.1) is 6.58 Å². The Morgan fingerprint density at radius 2 is 1.68 bits per heavy atom. The van der Waals surface area contributed by atoms with Crippen molar-refractivity contribution in [1.29, 1.82) is 0 Å². The minimum atomic E-state index is -2.34. The predicted octanol–water partition coefficient (Wildman–Crippen LogP) is 2.19. The van der Waals surface area contributed by atoms with Gasteiger partial charge in [-0.1, -0.05) is 39.0 Å². The van der Waals surface area contributed by atoms with E-state index in [4.69, 9.17) is 9.47 Å². The maximum Gasteiger partial charge on any atom is 0.308 e. The minimum Gasteiger partial charge on any atom is -0.456 e. The van der Waals surface area contributed by atoms with Gasteiger partial charge in [-0.3, -0.25) is 24.1 Å². The van der Waals surface area contributed by atoms with Crippen LogP contribution in [0.5, 0.6) is 0 Å². The van der Waals surface area contributed by atoms with Gasteiger partial charge < -0.3 is 24.8 Å². The number of nitrogens with zero attached hydrogens (tertiary/aromatic N) is 1. The van der Waals surface area contributed by atoms with Crippen molar-refractivity contribution in [3.8, 4) is 0 Å². The Labute approximate surface area is 239 Å². The molecule has 2 amide bonds. The number of ether oxygens (including phenoxy) is 2. The van der Waals surface area contributed by atoms with Crippen molar-refractivity contribution in [1.82, 2.24) is 4.90 Å². The topological polar surface area (TPSA) is 151 Å². The summed E-state index contributed by atoms with van der Waals surface area (Å²) >= 11 is 0. The average molecular weight is 570 g/mol. The Kier molecular flexibility index (Phi) is 6.70. The number of benzene rings is 1. The summed E-state index contributed by atoms with van der Waals surface area (Å²) in [6.07, 6.45) is -2.49. The van der Waals surface area contributed by atoms with Crippen LogP contribution in [0, 0.1) is 16.7 Å². The molecular weight excluding hydrogens is 530 g/mol. The third kappa shape index (κ3) is 3.84. The molecule has 222 valence electrons. The van der Waals surface area contributed by atoms with Crippen molar-refractivity contribution in [2.75, 3.05) is 6.54 Å². The molecule has 4 aliphatic rings. The third-order valence-corrected chi connectivity index (χ3v) is 10.4. The first kappa shape index (κ1) is 29.6. The van der Waals surface area contributed by atoms with Gasteiger partial charge in [0.15, 0.2) is 17.5 Å². The molecule has 10 nitrogen and oxygen atoms in total. The van der Waals surface area contributed by atoms with Gasteiger partial charge in [0.2, 0.25) is 0 Å². The van der Waals surface area contributed by atoms with Crippen molar-refractivity contribution in [3.63, 3.8) is 0 Å². The molecule has 1 saturated heterocycles. The number of hydrogen-bond acceptors (Lipinski definition) is 9. The first-order valence-electron chi connectivity index (χ1n) is 14.1. The number of amides is 2. The van der Waals surface area contributed by atoms with Crippen LogP contribution in [0.4, 0.5) is 0 Å². The average Bonchev–Trinajstić information content (AvgIpc) is 3.15. The van der Waals surface area contributed by atoms with E-state index in [-0.39, 0.29) is 30.5 Å². The Balaban J connectivity index is 1.49. The van der Waals surface area contributed by atoms with Crippen LogP contribution in [0.1, 0.15) is 81.0 Å². The van der Waals surface area contributed by atoms with E-state index in [1.54, 1.807) is 38.1 Å². The number of carbonyl (C=O) groups excluding carboxylic acids is 4. The lowest BCUT2D eigenvalue weighted by Gasteiger charge is -2.71. The molecule has 5 rings (SSSR count). The second-order valence-electron chi connectivity index (χ2n) is 13.3. The van der Waals surface area contributed by atoms with Gasteiger partial charge in [-0.25, -0.2) is 0 Å². The number of ketones is 1. The van der Waals surface area contributed by atoms with Crippen molar-refractivity contribution in [2.45, 2.75) is 95.4 Å². The van der Waals surface area contributed by atoms with Crippen LogP contribution in [-0.2, 0) is 19.1 Å². The number of aliphatic hydroxyl groups is 3. The van der Waals surface area contributed by atoms with Crippen molar-refractivity contribution < 1.29 is 44.0 Å². The molecule has 0 unspecified atom stereocenters. The van der Waals surface area contributed by atoms with Crippen molar-refractivity contribution in [2.24, 2.45) is 16.7 Å². The van der Waals surface area contributed by atoms with E-state index >= 15 is 0 Å². The number of hydrogen-bond donors (Lipinski definition) is 3. The molecule has 1 aromatic carbocycles. The first-order chi connectivity index (χ1) is 19.0. The van der Waals surface area contributed by atoms with Gasteiger partial charge in [0.05, 0.1) is 35.4 Å². The van der Waals surface area contributed by atoms with E-state index in [0.717, 1.165) is 4.90 Å². The first-order valence-corrected chi connectivity index (χ1v) is 14.1. The molecule has 2 saturated carbocycles. The number of carbonyl (C=O) groups is 4. The van der Waals surface area contributed by atoms with Gasteiger partial charge in [0, 0.05) is 24.3 Å². The van der Waals surface area contributed by atoms with E-state index in [0.29, 0.717) is 12.8 Å². The number of aliphatic hydroxyl groups excluding tert-OH is 2. The summed E-state index contributed by atoms with van der Waals surface area (Å²) in [7, 11) is 0. The largest absolute Gasteiger partial charge is 0.456 e. The van der Waals surface area contributed by atoms with Crippen LogP contribution in [0.3, 0.4) is 0 Å². The summed E-state index contributed by atoms with van der Waals surface area (Å²) in [6.45, 7) is 11.9. The Morgan fingerprint density at radius 3 is 2.24 bits per heavy atom. The molecule has 2 aliphatic heterocycles. The molecule has 8 atom stereocenters. The number of esters is 1. The molecule has 0 aromatic heterocycles. The molecule has 0 spiro atoms. The van der Waals surface area contributed by atoms with E-state index in [9.17, 15) is 34.5 Å². The van der Waals surface area contributed by atoms with Crippen LogP contribution in [0.25, 0.3) is 0 Å². The van der Waals surface area contributed by atoms with Crippen LogP contribution in [0.2, 0.25) is 0 Å². The maximum absolute atomic E-state index is 14.0. The summed E-state index contributed by atoms with van der Waals surface area (Å²) in [5, 5.41) is 35.8. The molecular formula is C31H39NO9. The number of fused-ring (bicyclic) bond motifs is 4. The molecule has 0 bridgehead atoms. The van der Waals surface area contributed by atoms with E-state index < -0.39 is 75.4 Å². The highest BCUT2D eigenvalue weighted by Gasteiger charge is 2.81. The van der Waals surface area contributed by atoms with Gasteiger partial charge in [-0.2, -0.15) is 0 Å². The third-order valence-electron chi connectivity index (χ3n) is 10.4. The maximum atomic E-state index is 14.0. The molecule has 2 heterocycles. The lowest BCUT2D eigenvalue weighted by atomic mass is 9.40. The van der Waals surface area contributed by atoms with E-state index in [2.05, 4.69) is 6.58 Å². The summed E-state index contributed by atoms with van der Waals surface area (Å²) < 4.78 is 12.3. The Bertz CT molecular complexity index is 1310. The summed E-state index contributed by atoms with van der Waals surface area (Å²) in [5.74, 6) is -3.35. The highest BCUT2D eigenvalue weighted by atomic mass is 16.6. The molecule has 1 aromatic rings. The monoisotopic (exact) mass is 569 g/mol. The normalized spacial score (nSPS) is 41.4. The molecule has 0 radical (unpaired) electrons. The zero-order chi connectivity index (χ0) is 30.3. The molecule has 3 N–H and O–H groups in total. The van der Waals surface area contributed by atoms with Crippen LogP contribution < -0.4 is 0 Å². The predicted molar refractivity (Wildman–Crippen MR) is 146 cm³/mol. The zero-order valence-corrected chi connectivity index (χ0v) is 24.2. The summed E-state index contributed by atoms with van der Waals surface area (Å²) in [5.41, 5.74) is -7.25. The second-order valence-corrected chi connectivity index (χ2v) is 13.3. The van der Waals surface area contributed by atoms with Crippen LogP contribution in [-0.4, -0.2) is 85.4 Å². The van der Waals surface area contributed by atoms with Gasteiger partial charge >= 0.3 is 5.97 Å². The highest BCUT2D eigenvalue weighted by Crippen LogP contribution is 2.67. The molecule has 41 heavy (non-hydrogen) atoms. The zero-order valence-electron chi connectivity index (χ0n) is 24.2. The van der Waals surface area contributed by atoms with E-state index in [1.165, 1.54) is 13.0 Å². The molecule has 2 aliphatic carbocycles. The Hall–Kier alpha value is -2.92. The highest BCUT2D eigenvalue weighted by molar-refractivity contribution is 6.21. The fraction of sp³-hybridized carbons (Fsp3) is 0.613. The van der Waals surface area contributed by atoms with Crippen LogP contribution >= 0.6 is 0 Å². The lowest BCUT2D eigenvalue weighted by molar-refractivity contribution is -0.370. The lowest BCUT2D eigenvalue weighted by Crippen LogP contribution is -2.86. The van der Waals surface area contributed by atoms with Crippen molar-refractivity contribution >= 4 is 23.6 Å². The molecule has 10 heteroatoms. The Morgan fingerprint density at radius 1 is 1.10 bits per heavy atom. The molecule has 3 fully saturated rings. The van der Waals surface area contributed by atoms with Gasteiger partial charge in [-0.05, 0) is 44.2 Å². The fourth-order valence-corrected chi connectivity index (χ4v) is 8.33. The summed E-state index contributed by atoms with van der Waals surface area (Å²) in [6, 6.07) is 6.38. The van der Waals surface area contributed by atoms with E-state index in [1.807, 2.05) is 13.8 Å². The fourth-order valence-electron chi connectivity index (χ4n) is 8.33. The van der Waals surface area contributed by atoms with Gasteiger partial charge in [0.25, 0.3) is 11.8 Å². The number of imide groups is 1. The second kappa shape index (κ2) is 9.29. The summed E-state index contributed by atoms with van der Waals surface area (Å²) in [4.78, 5) is 53.8. The number of Topliss-reactive ketones (excluding diaryl/α,β-unsaturated/α-hetero) is 1. The smallest absolute Gasteiger partial charge is 0.308 e. The minimum absolute atomic E-state index is 0.228. The SMILES string of the molecule is C=C[C@@]1(C)CC(=O)[C@]2(O)[C@@]3(C)[C@@H](O)CCC(C)(C)[C@@H]3[C@H](O)[C@H](OC(=O)CCN3C(=O)c4ccccc4C3=O)[C@@]2(C)O1. The van der Waals surface area contributed by atoms with Gasteiger partial charge in [0.1, 0.15) is 5.60 Å². The van der Waals surface area contributed by atoms with Crippen LogP contribution in [0.15, 0.2) is 36.9 Å². The standard InChI is InChI=1S/C31H39NO9/c1-7-28(4)16-20(34)31(39)29(5)19(33)12-14-27(2,3)23(29)22(36)24(30(31,6)41-28)40-21(35)13-15-32-25(37)17-10-8-9-11-18(17)26(32)38/h7-11,19,22-24,33,36,39H,1,12-16H2,2-6H3/t19-,22-,23-,24-,28-,29-,30+,31-/m0/s1.